The number of carbonyl (C=O) groups is 1. The molecule has 0 spiro atoms. The maximum absolute atomic E-state index is 11.8. The topological polar surface area (TPSA) is 41.1 Å². The van der Waals surface area contributed by atoms with Gasteiger partial charge in [-0.25, -0.2) is 0 Å². The third-order valence-electron chi connectivity index (χ3n) is 3.25. The van der Waals surface area contributed by atoms with Crippen LogP contribution in [0.1, 0.15) is 12.0 Å². The second-order valence-electron chi connectivity index (χ2n) is 5.03. The van der Waals surface area contributed by atoms with Crippen LogP contribution in [0.15, 0.2) is 42.5 Å². The maximum atomic E-state index is 11.8. The number of hydrogen-bond acceptors (Lipinski definition) is 2. The Balaban J connectivity index is 1.66. The molecule has 1 amide bonds. The predicted octanol–water partition coefficient (Wildman–Crippen LogP) is 4.81. The first-order valence-electron chi connectivity index (χ1n) is 7.24. The third-order valence-corrected chi connectivity index (χ3v) is 4.05. The normalized spacial score (nSPS) is 10.4. The SMILES string of the molecule is O=C(CCNc1ccc(Cl)cc1Cl)NCCc1ccc(Cl)cc1. The van der Waals surface area contributed by atoms with E-state index in [1.54, 1.807) is 18.2 Å². The van der Waals surface area contributed by atoms with Gasteiger partial charge >= 0.3 is 0 Å². The van der Waals surface area contributed by atoms with E-state index in [1.807, 2.05) is 24.3 Å². The third kappa shape index (κ3) is 6.30. The molecule has 6 heteroatoms. The highest BCUT2D eigenvalue weighted by molar-refractivity contribution is 6.36. The smallest absolute Gasteiger partial charge is 0.221 e. The summed E-state index contributed by atoms with van der Waals surface area (Å²) in [4.78, 5) is 11.8. The molecule has 0 saturated carbocycles. The van der Waals surface area contributed by atoms with Crippen LogP contribution in [0, 0.1) is 0 Å². The molecule has 2 rings (SSSR count). The van der Waals surface area contributed by atoms with Crippen molar-refractivity contribution >= 4 is 46.4 Å². The standard InChI is InChI=1S/C17H17Cl3N2O/c18-13-3-1-12(2-4-13)7-9-22-17(23)8-10-21-16-6-5-14(19)11-15(16)20/h1-6,11,21H,7-10H2,(H,22,23). The van der Waals surface area contributed by atoms with Gasteiger partial charge in [0, 0.05) is 29.6 Å². The molecule has 0 bridgehead atoms. The van der Waals surface area contributed by atoms with Crippen LogP contribution in [0.5, 0.6) is 0 Å². The summed E-state index contributed by atoms with van der Waals surface area (Å²) in [5, 5.41) is 7.85. The minimum absolute atomic E-state index is 0.00319. The van der Waals surface area contributed by atoms with Crippen LogP contribution in [0.25, 0.3) is 0 Å². The molecule has 0 atom stereocenters. The van der Waals surface area contributed by atoms with E-state index in [0.717, 1.165) is 17.7 Å². The van der Waals surface area contributed by atoms with Crippen molar-refractivity contribution in [3.63, 3.8) is 0 Å². The van der Waals surface area contributed by atoms with Gasteiger partial charge in [0.2, 0.25) is 5.91 Å². The Bertz CT molecular complexity index is 659. The molecule has 23 heavy (non-hydrogen) atoms. The van der Waals surface area contributed by atoms with E-state index in [2.05, 4.69) is 10.6 Å². The van der Waals surface area contributed by atoms with Crippen LogP contribution in [0.2, 0.25) is 15.1 Å². The largest absolute Gasteiger partial charge is 0.383 e. The Morgan fingerprint density at radius 1 is 0.913 bits per heavy atom. The molecule has 122 valence electrons. The zero-order valence-corrected chi connectivity index (χ0v) is 14.7. The van der Waals surface area contributed by atoms with Gasteiger partial charge in [0.05, 0.1) is 10.7 Å². The Labute approximate surface area is 150 Å². The van der Waals surface area contributed by atoms with Gasteiger partial charge in [-0.1, -0.05) is 46.9 Å². The van der Waals surface area contributed by atoms with E-state index in [-0.39, 0.29) is 5.91 Å². The summed E-state index contributed by atoms with van der Waals surface area (Å²) in [5.41, 5.74) is 1.91. The average Bonchev–Trinajstić information content (AvgIpc) is 2.51. The number of nitrogens with one attached hydrogen (secondary N) is 2. The Morgan fingerprint density at radius 3 is 2.30 bits per heavy atom. The first kappa shape index (κ1) is 17.9. The molecule has 0 fully saturated rings. The number of amides is 1. The number of rotatable bonds is 7. The van der Waals surface area contributed by atoms with E-state index >= 15 is 0 Å². The van der Waals surface area contributed by atoms with Crippen molar-refractivity contribution in [1.29, 1.82) is 0 Å². The quantitative estimate of drug-likeness (QED) is 0.733. The van der Waals surface area contributed by atoms with Gasteiger partial charge in [-0.05, 0) is 42.3 Å². The fourth-order valence-corrected chi connectivity index (χ4v) is 2.63. The lowest BCUT2D eigenvalue weighted by Crippen LogP contribution is -2.27. The summed E-state index contributed by atoms with van der Waals surface area (Å²) in [7, 11) is 0. The number of halogens is 3. The van der Waals surface area contributed by atoms with Gasteiger partial charge < -0.3 is 10.6 Å². The first-order chi connectivity index (χ1) is 11.0. The molecule has 0 unspecified atom stereocenters. The molecule has 2 N–H and O–H groups in total. The number of benzene rings is 2. The highest BCUT2D eigenvalue weighted by atomic mass is 35.5. The minimum Gasteiger partial charge on any atom is -0.383 e. The van der Waals surface area contributed by atoms with Gasteiger partial charge in [0.15, 0.2) is 0 Å². The fraction of sp³-hybridized carbons (Fsp3) is 0.235. The maximum Gasteiger partial charge on any atom is 0.221 e. The molecule has 0 aliphatic rings. The van der Waals surface area contributed by atoms with Gasteiger partial charge in [-0.2, -0.15) is 0 Å². The molecule has 0 heterocycles. The molecule has 0 aliphatic heterocycles. The Kier molecular flexibility index (Phi) is 7.03. The van der Waals surface area contributed by atoms with Crippen molar-refractivity contribution in [2.45, 2.75) is 12.8 Å². The van der Waals surface area contributed by atoms with Crippen molar-refractivity contribution in [3.8, 4) is 0 Å². The van der Waals surface area contributed by atoms with Gasteiger partial charge in [0.25, 0.3) is 0 Å². The zero-order chi connectivity index (χ0) is 16.7. The molecule has 0 saturated heterocycles. The second-order valence-corrected chi connectivity index (χ2v) is 6.31. The molecular formula is C17H17Cl3N2O. The molecule has 0 radical (unpaired) electrons. The van der Waals surface area contributed by atoms with Crippen molar-refractivity contribution in [1.82, 2.24) is 5.32 Å². The monoisotopic (exact) mass is 370 g/mol. The van der Waals surface area contributed by atoms with Crippen LogP contribution in [-0.4, -0.2) is 19.0 Å². The molecule has 2 aromatic carbocycles. The molecular weight excluding hydrogens is 355 g/mol. The van der Waals surface area contributed by atoms with Gasteiger partial charge in [0.1, 0.15) is 0 Å². The fourth-order valence-electron chi connectivity index (χ4n) is 2.03. The number of anilines is 1. The molecule has 0 aromatic heterocycles. The van der Waals surface area contributed by atoms with Gasteiger partial charge in [-0.15, -0.1) is 0 Å². The first-order valence-corrected chi connectivity index (χ1v) is 8.38. The lowest BCUT2D eigenvalue weighted by molar-refractivity contribution is -0.120. The van der Waals surface area contributed by atoms with E-state index in [0.29, 0.717) is 34.6 Å². The van der Waals surface area contributed by atoms with Crippen LogP contribution in [0.4, 0.5) is 5.69 Å². The Morgan fingerprint density at radius 2 is 1.61 bits per heavy atom. The van der Waals surface area contributed by atoms with Crippen LogP contribution < -0.4 is 10.6 Å². The van der Waals surface area contributed by atoms with Crippen LogP contribution in [0.3, 0.4) is 0 Å². The van der Waals surface area contributed by atoms with E-state index < -0.39 is 0 Å². The van der Waals surface area contributed by atoms with Crippen molar-refractivity contribution < 1.29 is 4.79 Å². The Hall–Kier alpha value is -1.42. The molecule has 3 nitrogen and oxygen atoms in total. The summed E-state index contributed by atoms with van der Waals surface area (Å²) in [6.07, 6.45) is 1.15. The molecule has 2 aromatic rings. The lowest BCUT2D eigenvalue weighted by atomic mass is 10.1. The van der Waals surface area contributed by atoms with Crippen LogP contribution in [-0.2, 0) is 11.2 Å². The van der Waals surface area contributed by atoms with Crippen molar-refractivity contribution in [3.05, 3.63) is 63.1 Å². The van der Waals surface area contributed by atoms with E-state index in [4.69, 9.17) is 34.8 Å². The average molecular weight is 372 g/mol. The van der Waals surface area contributed by atoms with E-state index in [9.17, 15) is 4.79 Å². The highest BCUT2D eigenvalue weighted by Crippen LogP contribution is 2.25. The summed E-state index contributed by atoms with van der Waals surface area (Å²) in [6.45, 7) is 1.11. The minimum atomic E-state index is -0.00319. The summed E-state index contributed by atoms with van der Waals surface area (Å²) >= 11 is 17.7. The van der Waals surface area contributed by atoms with Crippen LogP contribution >= 0.6 is 34.8 Å². The summed E-state index contributed by atoms with van der Waals surface area (Å²) in [5.74, 6) is -0.00319. The number of carbonyl (C=O) groups excluding carboxylic acids is 1. The summed E-state index contributed by atoms with van der Waals surface area (Å²) in [6, 6.07) is 12.8. The van der Waals surface area contributed by atoms with Gasteiger partial charge in [-0.3, -0.25) is 4.79 Å². The second kappa shape index (κ2) is 9.02. The molecule has 0 aliphatic carbocycles. The number of hydrogen-bond donors (Lipinski definition) is 2. The van der Waals surface area contributed by atoms with Crippen molar-refractivity contribution in [2.24, 2.45) is 0 Å². The lowest BCUT2D eigenvalue weighted by Gasteiger charge is -2.09. The predicted molar refractivity (Wildman–Crippen MR) is 97.7 cm³/mol. The zero-order valence-electron chi connectivity index (χ0n) is 12.4. The highest BCUT2D eigenvalue weighted by Gasteiger charge is 2.04. The van der Waals surface area contributed by atoms with E-state index in [1.165, 1.54) is 0 Å². The summed E-state index contributed by atoms with van der Waals surface area (Å²) < 4.78 is 0. The van der Waals surface area contributed by atoms with Crippen molar-refractivity contribution in [2.75, 3.05) is 18.4 Å².